The van der Waals surface area contributed by atoms with Gasteiger partial charge in [-0.3, -0.25) is 0 Å². The molecule has 0 unspecified atom stereocenters. The average Bonchev–Trinajstić information content (AvgIpc) is 2.82. The molecule has 0 radical (unpaired) electrons. The summed E-state index contributed by atoms with van der Waals surface area (Å²) >= 11 is 0. The van der Waals surface area contributed by atoms with Crippen molar-refractivity contribution in [2.75, 3.05) is 0 Å². The maximum absolute atomic E-state index is 2.40. The van der Waals surface area contributed by atoms with Crippen LogP contribution < -0.4 is 0 Å². The van der Waals surface area contributed by atoms with Gasteiger partial charge in [-0.25, -0.2) is 0 Å². The number of hydrogen-bond acceptors (Lipinski definition) is 0. The molecule has 2 aromatic carbocycles. The molecule has 0 saturated heterocycles. The van der Waals surface area contributed by atoms with Gasteiger partial charge in [-0.05, 0) is 72.6 Å². The molecule has 1 aliphatic carbocycles. The van der Waals surface area contributed by atoms with Crippen molar-refractivity contribution in [1.82, 2.24) is 0 Å². The normalized spacial score (nSPS) is 18.9. The molecule has 31 heavy (non-hydrogen) atoms. The van der Waals surface area contributed by atoms with Crippen LogP contribution in [0.5, 0.6) is 0 Å². The molecule has 170 valence electrons. The van der Waals surface area contributed by atoms with Crippen LogP contribution in [0.15, 0.2) is 48.5 Å². The van der Waals surface area contributed by atoms with Crippen LogP contribution in [0.25, 0.3) is 11.1 Å². The van der Waals surface area contributed by atoms with Crippen LogP contribution in [0, 0.1) is 5.92 Å². The minimum Gasteiger partial charge on any atom is -0.0654 e. The van der Waals surface area contributed by atoms with E-state index in [2.05, 4.69) is 62.4 Å². The molecule has 0 aliphatic heterocycles. The molecule has 0 N–H and O–H groups in total. The van der Waals surface area contributed by atoms with Gasteiger partial charge < -0.3 is 0 Å². The van der Waals surface area contributed by atoms with Gasteiger partial charge in [0.05, 0.1) is 0 Å². The van der Waals surface area contributed by atoms with Crippen molar-refractivity contribution in [2.24, 2.45) is 5.92 Å². The number of unbranched alkanes of at least 4 members (excludes halogenated alkanes) is 7. The van der Waals surface area contributed by atoms with Gasteiger partial charge in [0.25, 0.3) is 0 Å². The standard InChI is InChI=1S/C31H46/c1-3-5-7-8-9-11-13-27-16-20-29(21-17-27)31-24-22-30(23-25-31)28-18-14-26(15-19-28)12-10-6-4-2/h16-17,20-26,28H,3-15,18-19H2,1-2H3. The summed E-state index contributed by atoms with van der Waals surface area (Å²) in [5.41, 5.74) is 5.78. The Morgan fingerprint density at radius 1 is 0.581 bits per heavy atom. The molecular weight excluding hydrogens is 372 g/mol. The van der Waals surface area contributed by atoms with Crippen LogP contribution in [0.3, 0.4) is 0 Å². The van der Waals surface area contributed by atoms with Crippen molar-refractivity contribution in [1.29, 1.82) is 0 Å². The van der Waals surface area contributed by atoms with E-state index in [4.69, 9.17) is 0 Å². The molecule has 1 aliphatic rings. The smallest absolute Gasteiger partial charge is 0.0162 e. The lowest BCUT2D eigenvalue weighted by Gasteiger charge is -2.29. The second-order valence-corrected chi connectivity index (χ2v) is 10.1. The molecule has 0 bridgehead atoms. The van der Waals surface area contributed by atoms with Crippen molar-refractivity contribution in [2.45, 2.75) is 116 Å². The monoisotopic (exact) mass is 418 g/mol. The Morgan fingerprint density at radius 3 is 1.77 bits per heavy atom. The Morgan fingerprint density at radius 2 is 1.13 bits per heavy atom. The average molecular weight is 419 g/mol. The van der Waals surface area contributed by atoms with Gasteiger partial charge in [0, 0.05) is 0 Å². The van der Waals surface area contributed by atoms with Crippen LogP contribution in [0.1, 0.15) is 121 Å². The third-order valence-electron chi connectivity index (χ3n) is 7.55. The first-order valence-corrected chi connectivity index (χ1v) is 13.5. The number of rotatable bonds is 13. The van der Waals surface area contributed by atoms with E-state index in [-0.39, 0.29) is 0 Å². The second kappa shape index (κ2) is 13.8. The number of benzene rings is 2. The Labute approximate surface area is 192 Å². The summed E-state index contributed by atoms with van der Waals surface area (Å²) in [7, 11) is 0. The van der Waals surface area contributed by atoms with E-state index >= 15 is 0 Å². The van der Waals surface area contributed by atoms with Gasteiger partial charge in [-0.2, -0.15) is 0 Å². The zero-order valence-corrected chi connectivity index (χ0v) is 20.4. The molecule has 0 heterocycles. The first kappa shape index (κ1) is 24.1. The number of hydrogen-bond donors (Lipinski definition) is 0. The highest BCUT2D eigenvalue weighted by molar-refractivity contribution is 5.64. The molecule has 0 heteroatoms. The lowest BCUT2D eigenvalue weighted by Crippen LogP contribution is -2.13. The zero-order valence-electron chi connectivity index (χ0n) is 20.4. The zero-order chi connectivity index (χ0) is 21.7. The van der Waals surface area contributed by atoms with Crippen molar-refractivity contribution in [3.8, 4) is 11.1 Å². The molecular formula is C31H46. The van der Waals surface area contributed by atoms with E-state index in [0.717, 1.165) is 11.8 Å². The first-order valence-electron chi connectivity index (χ1n) is 13.5. The second-order valence-electron chi connectivity index (χ2n) is 10.1. The van der Waals surface area contributed by atoms with Gasteiger partial charge in [0.1, 0.15) is 0 Å². The third-order valence-corrected chi connectivity index (χ3v) is 7.55. The molecule has 0 aromatic heterocycles. The summed E-state index contributed by atoms with van der Waals surface area (Å²) in [6.45, 7) is 4.60. The van der Waals surface area contributed by atoms with E-state index in [9.17, 15) is 0 Å². The Bertz CT molecular complexity index is 701. The van der Waals surface area contributed by atoms with E-state index in [1.807, 2.05) is 0 Å². The lowest BCUT2D eigenvalue weighted by atomic mass is 9.77. The minimum atomic E-state index is 0.788. The van der Waals surface area contributed by atoms with Crippen LogP contribution in [-0.2, 0) is 6.42 Å². The maximum atomic E-state index is 2.40. The van der Waals surface area contributed by atoms with Gasteiger partial charge in [0.2, 0.25) is 0 Å². The summed E-state index contributed by atoms with van der Waals surface area (Å²) in [4.78, 5) is 0. The van der Waals surface area contributed by atoms with Crippen molar-refractivity contribution in [3.63, 3.8) is 0 Å². The minimum absolute atomic E-state index is 0.788. The summed E-state index contributed by atoms with van der Waals surface area (Å²) < 4.78 is 0. The summed E-state index contributed by atoms with van der Waals surface area (Å²) in [5.74, 6) is 1.79. The van der Waals surface area contributed by atoms with Crippen molar-refractivity contribution >= 4 is 0 Å². The molecule has 0 nitrogen and oxygen atoms in total. The predicted octanol–water partition coefficient (Wildman–Crippen LogP) is 10.1. The Kier molecular flexibility index (Phi) is 10.7. The van der Waals surface area contributed by atoms with Crippen LogP contribution in [0.2, 0.25) is 0 Å². The molecule has 0 spiro atoms. The van der Waals surface area contributed by atoms with Crippen LogP contribution in [0.4, 0.5) is 0 Å². The highest BCUT2D eigenvalue weighted by atomic mass is 14.3. The van der Waals surface area contributed by atoms with Crippen molar-refractivity contribution in [3.05, 3.63) is 59.7 Å². The van der Waals surface area contributed by atoms with E-state index in [1.165, 1.54) is 113 Å². The fraction of sp³-hybridized carbons (Fsp3) is 0.613. The summed E-state index contributed by atoms with van der Waals surface area (Å²) in [5, 5.41) is 0. The molecule has 2 aromatic rings. The molecule has 1 saturated carbocycles. The Balaban J connectivity index is 1.43. The topological polar surface area (TPSA) is 0 Å². The van der Waals surface area contributed by atoms with Crippen LogP contribution in [-0.4, -0.2) is 0 Å². The fourth-order valence-corrected chi connectivity index (χ4v) is 5.39. The van der Waals surface area contributed by atoms with E-state index < -0.39 is 0 Å². The van der Waals surface area contributed by atoms with Gasteiger partial charge in [-0.15, -0.1) is 0 Å². The van der Waals surface area contributed by atoms with E-state index in [1.54, 1.807) is 5.56 Å². The molecule has 1 fully saturated rings. The van der Waals surface area contributed by atoms with Crippen LogP contribution >= 0.6 is 0 Å². The highest BCUT2D eigenvalue weighted by Crippen LogP contribution is 2.38. The molecule has 0 amide bonds. The largest absolute Gasteiger partial charge is 0.0654 e. The summed E-state index contributed by atoms with van der Waals surface area (Å²) in [6.07, 6.45) is 20.8. The lowest BCUT2D eigenvalue weighted by molar-refractivity contribution is 0.303. The first-order chi connectivity index (χ1) is 15.3. The van der Waals surface area contributed by atoms with Gasteiger partial charge in [-0.1, -0.05) is 120 Å². The number of aryl methyl sites for hydroxylation is 1. The van der Waals surface area contributed by atoms with E-state index in [0.29, 0.717) is 0 Å². The SMILES string of the molecule is CCCCCCCCc1ccc(-c2ccc(C3CCC(CCCCC)CC3)cc2)cc1. The fourth-order valence-electron chi connectivity index (χ4n) is 5.39. The molecule has 3 rings (SSSR count). The third kappa shape index (κ3) is 8.13. The molecule has 0 atom stereocenters. The quantitative estimate of drug-likeness (QED) is 0.284. The Hall–Kier alpha value is -1.56. The van der Waals surface area contributed by atoms with Gasteiger partial charge >= 0.3 is 0 Å². The van der Waals surface area contributed by atoms with Gasteiger partial charge in [0.15, 0.2) is 0 Å². The highest BCUT2D eigenvalue weighted by Gasteiger charge is 2.22. The predicted molar refractivity (Wildman–Crippen MR) is 138 cm³/mol. The maximum Gasteiger partial charge on any atom is -0.0162 e. The van der Waals surface area contributed by atoms with Crippen molar-refractivity contribution < 1.29 is 0 Å². The summed E-state index contributed by atoms with van der Waals surface area (Å²) in [6, 6.07) is 18.8.